The largest absolute Gasteiger partial charge is 0.339 e. The molecule has 0 radical (unpaired) electrons. The Labute approximate surface area is 242 Å². The van der Waals surface area contributed by atoms with E-state index in [9.17, 15) is 14.4 Å². The average molecular weight is 612 g/mol. The van der Waals surface area contributed by atoms with Crippen molar-refractivity contribution in [3.05, 3.63) is 92.9 Å². The van der Waals surface area contributed by atoms with Crippen LogP contribution in [0.3, 0.4) is 0 Å². The highest BCUT2D eigenvalue weighted by Crippen LogP contribution is 2.35. The second-order valence-corrected chi connectivity index (χ2v) is 11.2. The monoisotopic (exact) mass is 610 g/mol. The van der Waals surface area contributed by atoms with Gasteiger partial charge in [0.15, 0.2) is 0 Å². The number of rotatable bonds is 7. The van der Waals surface area contributed by atoms with Crippen molar-refractivity contribution >= 4 is 56.8 Å². The lowest BCUT2D eigenvalue weighted by molar-refractivity contribution is -0.115. The number of benzene rings is 3. The van der Waals surface area contributed by atoms with Gasteiger partial charge in [-0.25, -0.2) is 4.79 Å². The molecule has 3 aromatic carbocycles. The number of aryl methyl sites for hydroxylation is 1. The van der Waals surface area contributed by atoms with Crippen LogP contribution in [-0.4, -0.2) is 42.4 Å². The summed E-state index contributed by atoms with van der Waals surface area (Å²) >= 11 is 9.34. The Morgan fingerprint density at radius 1 is 0.923 bits per heavy atom. The molecule has 0 atom stereocenters. The standard InChI is InChI=1S/C30H32BrClN4O3/c1-19-3-10-23(31)17-27(19)35-28(37)18-33-30(39)34-25-13-6-20(7-14-25)21-8-15-26(16-9-21)36(2)29(38)22-4-11-24(32)12-5-22/h3-7,10-14,17,21,26H,8-9,15-16,18H2,1-2H3,(H,35,37)(H2,33,34,39). The summed E-state index contributed by atoms with van der Waals surface area (Å²) in [5.41, 5.74) is 4.15. The van der Waals surface area contributed by atoms with Crippen molar-refractivity contribution < 1.29 is 14.4 Å². The first-order chi connectivity index (χ1) is 18.7. The van der Waals surface area contributed by atoms with Crippen LogP contribution in [0.2, 0.25) is 5.02 Å². The van der Waals surface area contributed by atoms with Crippen LogP contribution >= 0.6 is 27.5 Å². The number of amides is 4. The SMILES string of the molecule is Cc1ccc(Br)cc1NC(=O)CNC(=O)Nc1ccc(C2CCC(N(C)C(=O)c3ccc(Cl)cc3)CC2)cc1. The molecule has 1 saturated carbocycles. The van der Waals surface area contributed by atoms with E-state index in [1.54, 1.807) is 24.3 Å². The van der Waals surface area contributed by atoms with Gasteiger partial charge in [0, 0.05) is 39.5 Å². The van der Waals surface area contributed by atoms with E-state index in [2.05, 4.69) is 31.9 Å². The molecular weight excluding hydrogens is 580 g/mol. The Morgan fingerprint density at radius 2 is 1.59 bits per heavy atom. The van der Waals surface area contributed by atoms with E-state index < -0.39 is 6.03 Å². The number of nitrogens with one attached hydrogen (secondary N) is 3. The quantitative estimate of drug-likeness (QED) is 0.270. The van der Waals surface area contributed by atoms with Crippen LogP contribution < -0.4 is 16.0 Å². The van der Waals surface area contributed by atoms with E-state index in [-0.39, 0.29) is 24.4 Å². The number of carbonyl (C=O) groups is 3. The predicted octanol–water partition coefficient (Wildman–Crippen LogP) is 6.97. The van der Waals surface area contributed by atoms with E-state index in [0.29, 0.717) is 27.9 Å². The summed E-state index contributed by atoms with van der Waals surface area (Å²) in [6.45, 7) is 1.76. The number of halogens is 2. The van der Waals surface area contributed by atoms with Crippen LogP contribution in [0, 0.1) is 6.92 Å². The molecule has 1 aliphatic rings. The van der Waals surface area contributed by atoms with Crippen LogP contribution in [0.4, 0.5) is 16.2 Å². The highest BCUT2D eigenvalue weighted by molar-refractivity contribution is 9.10. The van der Waals surface area contributed by atoms with Gasteiger partial charge in [-0.05, 0) is 98.2 Å². The third-order valence-electron chi connectivity index (χ3n) is 7.18. The van der Waals surface area contributed by atoms with Gasteiger partial charge in [0.2, 0.25) is 5.91 Å². The van der Waals surface area contributed by atoms with Crippen molar-refractivity contribution in [2.24, 2.45) is 0 Å². The molecule has 0 heterocycles. The summed E-state index contributed by atoms with van der Waals surface area (Å²) in [5, 5.41) is 8.78. The molecule has 3 aromatic rings. The Balaban J connectivity index is 1.22. The molecule has 1 aliphatic carbocycles. The first kappa shape index (κ1) is 28.6. The molecular formula is C30H32BrClN4O3. The van der Waals surface area contributed by atoms with Crippen molar-refractivity contribution in [3.8, 4) is 0 Å². The van der Waals surface area contributed by atoms with Gasteiger partial charge < -0.3 is 20.9 Å². The van der Waals surface area contributed by atoms with Gasteiger partial charge in [-0.1, -0.05) is 45.7 Å². The zero-order chi connectivity index (χ0) is 27.9. The van der Waals surface area contributed by atoms with E-state index in [4.69, 9.17) is 11.6 Å². The maximum Gasteiger partial charge on any atom is 0.319 e. The van der Waals surface area contributed by atoms with Gasteiger partial charge in [-0.3, -0.25) is 9.59 Å². The van der Waals surface area contributed by atoms with E-state index in [1.165, 1.54) is 5.56 Å². The highest BCUT2D eigenvalue weighted by Gasteiger charge is 2.27. The molecule has 3 N–H and O–H groups in total. The van der Waals surface area contributed by atoms with E-state index in [0.717, 1.165) is 35.7 Å². The molecule has 39 heavy (non-hydrogen) atoms. The number of carbonyl (C=O) groups excluding carboxylic acids is 3. The molecule has 0 spiro atoms. The van der Waals surface area contributed by atoms with Crippen molar-refractivity contribution in [1.82, 2.24) is 10.2 Å². The van der Waals surface area contributed by atoms with Crippen LogP contribution in [0.5, 0.6) is 0 Å². The summed E-state index contributed by atoms with van der Waals surface area (Å²) in [5.74, 6) is 0.121. The lowest BCUT2D eigenvalue weighted by Crippen LogP contribution is -2.39. The first-order valence-electron chi connectivity index (χ1n) is 12.9. The smallest absolute Gasteiger partial charge is 0.319 e. The van der Waals surface area contributed by atoms with Crippen LogP contribution in [-0.2, 0) is 4.79 Å². The normalized spacial score (nSPS) is 16.7. The Morgan fingerprint density at radius 3 is 2.26 bits per heavy atom. The number of urea groups is 1. The maximum atomic E-state index is 12.8. The van der Waals surface area contributed by atoms with Crippen molar-refractivity contribution in [1.29, 1.82) is 0 Å². The fourth-order valence-electron chi connectivity index (χ4n) is 4.86. The molecule has 204 valence electrons. The summed E-state index contributed by atoms with van der Waals surface area (Å²) in [6.07, 6.45) is 3.85. The average Bonchev–Trinajstić information content (AvgIpc) is 2.94. The van der Waals surface area contributed by atoms with Gasteiger partial charge in [0.05, 0.1) is 6.54 Å². The number of nitrogens with zero attached hydrogens (tertiary/aromatic N) is 1. The van der Waals surface area contributed by atoms with Crippen LogP contribution in [0.15, 0.2) is 71.2 Å². The zero-order valence-electron chi connectivity index (χ0n) is 22.0. The van der Waals surface area contributed by atoms with E-state index in [1.807, 2.05) is 61.3 Å². The summed E-state index contributed by atoms with van der Waals surface area (Å²) < 4.78 is 0.863. The number of hydrogen-bond donors (Lipinski definition) is 3. The second kappa shape index (κ2) is 13.1. The molecule has 0 bridgehead atoms. The molecule has 0 saturated heterocycles. The van der Waals surface area contributed by atoms with Gasteiger partial charge >= 0.3 is 6.03 Å². The van der Waals surface area contributed by atoms with Crippen molar-refractivity contribution in [2.75, 3.05) is 24.2 Å². The fraction of sp³-hybridized carbons (Fsp3) is 0.300. The van der Waals surface area contributed by atoms with Gasteiger partial charge in [-0.15, -0.1) is 0 Å². The number of hydrogen-bond acceptors (Lipinski definition) is 3. The zero-order valence-corrected chi connectivity index (χ0v) is 24.3. The van der Waals surface area contributed by atoms with Gasteiger partial charge in [0.25, 0.3) is 5.91 Å². The fourth-order valence-corrected chi connectivity index (χ4v) is 5.34. The van der Waals surface area contributed by atoms with Crippen molar-refractivity contribution in [3.63, 3.8) is 0 Å². The van der Waals surface area contributed by atoms with E-state index >= 15 is 0 Å². The van der Waals surface area contributed by atoms with Gasteiger partial charge in [0.1, 0.15) is 0 Å². The summed E-state index contributed by atoms with van der Waals surface area (Å²) in [7, 11) is 1.87. The minimum atomic E-state index is -0.447. The Kier molecular flexibility index (Phi) is 9.64. The number of anilines is 2. The van der Waals surface area contributed by atoms with Crippen molar-refractivity contribution in [2.45, 2.75) is 44.6 Å². The minimum absolute atomic E-state index is 0.0181. The molecule has 0 aromatic heterocycles. The third-order valence-corrected chi connectivity index (χ3v) is 7.92. The summed E-state index contributed by atoms with van der Waals surface area (Å²) in [6, 6.07) is 20.2. The topological polar surface area (TPSA) is 90.5 Å². The van der Waals surface area contributed by atoms with Crippen LogP contribution in [0.25, 0.3) is 0 Å². The van der Waals surface area contributed by atoms with Crippen LogP contribution in [0.1, 0.15) is 53.1 Å². The molecule has 4 amide bonds. The Bertz CT molecular complexity index is 1320. The first-order valence-corrected chi connectivity index (χ1v) is 14.1. The summed E-state index contributed by atoms with van der Waals surface area (Å²) in [4.78, 5) is 39.2. The lowest BCUT2D eigenvalue weighted by Gasteiger charge is -2.35. The highest BCUT2D eigenvalue weighted by atomic mass is 79.9. The molecule has 0 unspecified atom stereocenters. The molecule has 1 fully saturated rings. The predicted molar refractivity (Wildman–Crippen MR) is 160 cm³/mol. The Hall–Kier alpha value is -3.36. The molecule has 4 rings (SSSR count). The molecule has 7 nitrogen and oxygen atoms in total. The second-order valence-electron chi connectivity index (χ2n) is 9.87. The molecule has 9 heteroatoms. The maximum absolute atomic E-state index is 12.8. The van der Waals surface area contributed by atoms with Gasteiger partial charge in [-0.2, -0.15) is 0 Å². The minimum Gasteiger partial charge on any atom is -0.339 e. The third kappa shape index (κ3) is 7.83. The lowest BCUT2D eigenvalue weighted by atomic mass is 9.81. The molecule has 0 aliphatic heterocycles.